The number of hydrogen-bond acceptors (Lipinski definition) is 3. The quantitative estimate of drug-likeness (QED) is 0.750. The summed E-state index contributed by atoms with van der Waals surface area (Å²) in [5, 5.41) is 2.99. The van der Waals surface area contributed by atoms with E-state index in [4.69, 9.17) is 9.47 Å². The summed E-state index contributed by atoms with van der Waals surface area (Å²) in [5.41, 5.74) is 3.20. The minimum absolute atomic E-state index is 0.180. The molecule has 2 aromatic carbocycles. The Morgan fingerprint density at radius 2 is 1.67 bits per heavy atom. The summed E-state index contributed by atoms with van der Waals surface area (Å²) in [6.07, 6.45) is -0.693. The molecule has 0 spiro atoms. The minimum Gasteiger partial charge on any atom is -0.496 e. The average Bonchev–Trinajstić information content (AvgIpc) is 2.62. The topological polar surface area (TPSA) is 47.6 Å². The molecule has 0 aliphatic heterocycles. The molecule has 0 fully saturated rings. The average molecular weight is 373 g/mol. The smallest absolute Gasteiger partial charge is 0.261 e. The molecule has 2 rings (SSSR count). The lowest BCUT2D eigenvalue weighted by molar-refractivity contribution is -0.127. The van der Waals surface area contributed by atoms with Crippen molar-refractivity contribution in [1.29, 1.82) is 0 Å². The summed E-state index contributed by atoms with van der Waals surface area (Å²) in [7, 11) is 1.67. The van der Waals surface area contributed by atoms with E-state index < -0.39 is 6.10 Å². The van der Waals surface area contributed by atoms with Gasteiger partial charge in [-0.05, 0) is 79.8 Å². The molecular formula is C22H28FNO3. The first-order valence-corrected chi connectivity index (χ1v) is 9.14. The molecule has 0 aliphatic rings. The molecule has 2 atom stereocenters. The van der Waals surface area contributed by atoms with Gasteiger partial charge in [0.15, 0.2) is 6.10 Å². The molecule has 0 aliphatic carbocycles. The van der Waals surface area contributed by atoms with E-state index in [0.717, 1.165) is 22.4 Å². The number of hydrogen-bond donors (Lipinski definition) is 1. The zero-order valence-corrected chi connectivity index (χ0v) is 16.8. The molecule has 0 saturated heterocycles. The number of benzene rings is 2. The van der Waals surface area contributed by atoms with Crippen LogP contribution in [0.2, 0.25) is 0 Å². The van der Waals surface area contributed by atoms with E-state index in [0.29, 0.717) is 11.7 Å². The number of nitrogens with one attached hydrogen (secondary N) is 1. The number of amides is 1. The van der Waals surface area contributed by atoms with Crippen LogP contribution in [0.5, 0.6) is 11.5 Å². The second-order valence-electron chi connectivity index (χ2n) is 7.05. The van der Waals surface area contributed by atoms with Gasteiger partial charge in [-0.15, -0.1) is 0 Å². The van der Waals surface area contributed by atoms with Crippen LogP contribution < -0.4 is 14.8 Å². The number of aryl methyl sites for hydroxylation is 1. The largest absolute Gasteiger partial charge is 0.496 e. The van der Waals surface area contributed by atoms with Crippen LogP contribution in [-0.4, -0.2) is 19.1 Å². The van der Waals surface area contributed by atoms with Crippen LogP contribution in [0, 0.1) is 12.7 Å². The van der Waals surface area contributed by atoms with Gasteiger partial charge in [-0.1, -0.05) is 13.8 Å². The molecule has 1 amide bonds. The van der Waals surface area contributed by atoms with Gasteiger partial charge >= 0.3 is 0 Å². The van der Waals surface area contributed by atoms with E-state index in [2.05, 4.69) is 25.2 Å². The van der Waals surface area contributed by atoms with Crippen molar-refractivity contribution in [2.75, 3.05) is 7.11 Å². The lowest BCUT2D eigenvalue weighted by Crippen LogP contribution is -2.38. The fraction of sp³-hybridized carbons (Fsp3) is 0.409. The van der Waals surface area contributed by atoms with Crippen LogP contribution in [0.25, 0.3) is 0 Å². The lowest BCUT2D eigenvalue weighted by atomic mass is 9.93. The molecule has 0 aromatic heterocycles. The van der Waals surface area contributed by atoms with Crippen LogP contribution in [0.1, 0.15) is 56.3 Å². The highest BCUT2D eigenvalue weighted by atomic mass is 19.1. The summed E-state index contributed by atoms with van der Waals surface area (Å²) in [6, 6.07) is 9.53. The van der Waals surface area contributed by atoms with E-state index in [1.165, 1.54) is 24.3 Å². The maximum absolute atomic E-state index is 13.0. The van der Waals surface area contributed by atoms with Crippen molar-refractivity contribution < 1.29 is 18.7 Å². The highest BCUT2D eigenvalue weighted by molar-refractivity contribution is 5.81. The number of carbonyl (C=O) groups excluding carboxylic acids is 1. The van der Waals surface area contributed by atoms with Gasteiger partial charge in [-0.25, -0.2) is 4.39 Å². The Labute approximate surface area is 160 Å². The minimum atomic E-state index is -0.693. The molecule has 5 heteroatoms. The maximum Gasteiger partial charge on any atom is 0.261 e. The predicted octanol–water partition coefficient (Wildman–Crippen LogP) is 4.91. The van der Waals surface area contributed by atoms with E-state index in [-0.39, 0.29) is 17.8 Å². The standard InChI is InChI=1S/C22H28FNO3/c1-13(2)19-12-20(14(3)11-21(19)26-6)15(4)24-22(25)16(5)27-18-9-7-17(23)8-10-18/h7-13,15-16H,1-6H3,(H,24,25). The number of methoxy groups -OCH3 is 1. The van der Waals surface area contributed by atoms with Gasteiger partial charge in [0.25, 0.3) is 5.91 Å². The fourth-order valence-corrected chi connectivity index (χ4v) is 2.99. The molecule has 1 N–H and O–H groups in total. The molecule has 27 heavy (non-hydrogen) atoms. The molecule has 2 unspecified atom stereocenters. The molecule has 0 heterocycles. The molecular weight excluding hydrogens is 345 g/mol. The predicted molar refractivity (Wildman–Crippen MR) is 105 cm³/mol. The van der Waals surface area contributed by atoms with Crippen molar-refractivity contribution in [1.82, 2.24) is 5.32 Å². The summed E-state index contributed by atoms with van der Waals surface area (Å²) < 4.78 is 24.1. The van der Waals surface area contributed by atoms with Gasteiger partial charge in [0.05, 0.1) is 13.2 Å². The normalized spacial score (nSPS) is 13.2. The van der Waals surface area contributed by atoms with E-state index in [9.17, 15) is 9.18 Å². The summed E-state index contributed by atoms with van der Waals surface area (Å²) >= 11 is 0. The van der Waals surface area contributed by atoms with Gasteiger partial charge in [0.2, 0.25) is 0 Å². The fourth-order valence-electron chi connectivity index (χ4n) is 2.99. The zero-order chi connectivity index (χ0) is 20.1. The molecule has 4 nitrogen and oxygen atoms in total. The van der Waals surface area contributed by atoms with E-state index >= 15 is 0 Å². The second kappa shape index (κ2) is 8.89. The van der Waals surface area contributed by atoms with Gasteiger partial charge in [-0.3, -0.25) is 4.79 Å². The molecule has 0 bridgehead atoms. The Balaban J connectivity index is 2.11. The monoisotopic (exact) mass is 373 g/mol. The van der Waals surface area contributed by atoms with Crippen molar-refractivity contribution in [3.63, 3.8) is 0 Å². The van der Waals surface area contributed by atoms with Crippen molar-refractivity contribution in [2.45, 2.75) is 52.7 Å². The molecule has 0 saturated carbocycles. The SMILES string of the molecule is COc1cc(C)c(C(C)NC(=O)C(C)Oc2ccc(F)cc2)cc1C(C)C. The molecule has 146 valence electrons. The highest BCUT2D eigenvalue weighted by Gasteiger charge is 2.20. The Kier molecular flexibility index (Phi) is 6.83. The third kappa shape index (κ3) is 5.22. The Morgan fingerprint density at radius 1 is 1.04 bits per heavy atom. The van der Waals surface area contributed by atoms with Crippen molar-refractivity contribution in [2.24, 2.45) is 0 Å². The summed E-state index contributed by atoms with van der Waals surface area (Å²) in [6.45, 7) is 9.84. The second-order valence-corrected chi connectivity index (χ2v) is 7.05. The van der Waals surface area contributed by atoms with E-state index in [1.54, 1.807) is 14.0 Å². The van der Waals surface area contributed by atoms with Crippen molar-refractivity contribution in [3.8, 4) is 11.5 Å². The Bertz CT molecular complexity index is 787. The maximum atomic E-state index is 13.0. The zero-order valence-electron chi connectivity index (χ0n) is 16.8. The first-order valence-electron chi connectivity index (χ1n) is 9.14. The van der Waals surface area contributed by atoms with Crippen LogP contribution in [0.3, 0.4) is 0 Å². The summed E-state index contributed by atoms with van der Waals surface area (Å²) in [4.78, 5) is 12.5. The van der Waals surface area contributed by atoms with Crippen molar-refractivity contribution >= 4 is 5.91 Å². The van der Waals surface area contributed by atoms with Crippen molar-refractivity contribution in [3.05, 3.63) is 58.9 Å². The summed E-state index contributed by atoms with van der Waals surface area (Å²) in [5.74, 6) is 1.05. The van der Waals surface area contributed by atoms with E-state index in [1.807, 2.05) is 19.9 Å². The first-order chi connectivity index (χ1) is 12.7. The number of rotatable bonds is 7. The van der Waals surface area contributed by atoms with Gasteiger partial charge in [-0.2, -0.15) is 0 Å². The number of halogens is 1. The first kappa shape index (κ1) is 20.7. The van der Waals surface area contributed by atoms with Crippen LogP contribution in [-0.2, 0) is 4.79 Å². The Hall–Kier alpha value is -2.56. The van der Waals surface area contributed by atoms with Crippen LogP contribution in [0.15, 0.2) is 36.4 Å². The van der Waals surface area contributed by atoms with Crippen LogP contribution >= 0.6 is 0 Å². The van der Waals surface area contributed by atoms with Gasteiger partial charge in [0.1, 0.15) is 17.3 Å². The van der Waals surface area contributed by atoms with Gasteiger partial charge in [0, 0.05) is 0 Å². The lowest BCUT2D eigenvalue weighted by Gasteiger charge is -2.22. The third-order valence-corrected chi connectivity index (χ3v) is 4.56. The molecule has 0 radical (unpaired) electrons. The highest BCUT2D eigenvalue weighted by Crippen LogP contribution is 2.32. The number of carbonyl (C=O) groups is 1. The van der Waals surface area contributed by atoms with Crippen LogP contribution in [0.4, 0.5) is 4.39 Å². The third-order valence-electron chi connectivity index (χ3n) is 4.56. The number of ether oxygens (including phenoxy) is 2. The van der Waals surface area contributed by atoms with Gasteiger partial charge < -0.3 is 14.8 Å². The Morgan fingerprint density at radius 3 is 2.22 bits per heavy atom. The molecule has 2 aromatic rings.